The molecule has 19 heavy (non-hydrogen) atoms. The van der Waals surface area contributed by atoms with Crippen LogP contribution in [0.25, 0.3) is 11.0 Å². The Morgan fingerprint density at radius 2 is 2.16 bits per heavy atom. The fraction of sp³-hybridized carbons (Fsp3) is 0.250. The summed E-state index contributed by atoms with van der Waals surface area (Å²) in [6.07, 6.45) is 0.0735. The van der Waals surface area contributed by atoms with Crippen molar-refractivity contribution in [2.24, 2.45) is 0 Å². The zero-order valence-corrected chi connectivity index (χ0v) is 10.2. The van der Waals surface area contributed by atoms with E-state index >= 15 is 0 Å². The number of aromatic nitrogens is 2. The number of rotatable bonds is 4. The van der Waals surface area contributed by atoms with Crippen LogP contribution in [-0.2, 0) is 16.1 Å². The number of aryl methyl sites for hydroxylation is 1. The van der Waals surface area contributed by atoms with Gasteiger partial charge >= 0.3 is 17.6 Å². The molecule has 1 aromatic heterocycles. The second kappa shape index (κ2) is 4.97. The van der Waals surface area contributed by atoms with Crippen molar-refractivity contribution >= 4 is 23.0 Å². The third kappa shape index (κ3) is 2.49. The molecule has 0 radical (unpaired) electrons. The number of benzene rings is 1. The molecule has 100 valence electrons. The van der Waals surface area contributed by atoms with Crippen LogP contribution in [0.5, 0.6) is 0 Å². The quantitative estimate of drug-likeness (QED) is 0.787. The second-order valence-electron chi connectivity index (χ2n) is 3.95. The van der Waals surface area contributed by atoms with Gasteiger partial charge in [0.15, 0.2) is 0 Å². The summed E-state index contributed by atoms with van der Waals surface area (Å²) in [5, 5.41) is 8.87. The monoisotopic (exact) mass is 264 g/mol. The van der Waals surface area contributed by atoms with Gasteiger partial charge in [-0.3, -0.25) is 9.36 Å². The van der Waals surface area contributed by atoms with Gasteiger partial charge in [-0.05, 0) is 18.2 Å². The number of carbonyl (C=O) groups is 2. The lowest BCUT2D eigenvalue weighted by Crippen LogP contribution is -2.18. The van der Waals surface area contributed by atoms with Crippen LogP contribution >= 0.6 is 0 Å². The van der Waals surface area contributed by atoms with Gasteiger partial charge in [0.1, 0.15) is 0 Å². The minimum absolute atomic E-state index is 0.0735. The van der Waals surface area contributed by atoms with Crippen LogP contribution in [-0.4, -0.2) is 33.7 Å². The molecule has 2 N–H and O–H groups in total. The predicted octanol–water partition coefficient (Wildman–Crippen LogP) is 0.591. The molecule has 0 amide bonds. The Hall–Kier alpha value is -2.57. The van der Waals surface area contributed by atoms with Crippen molar-refractivity contribution in [3.63, 3.8) is 0 Å². The van der Waals surface area contributed by atoms with Crippen LogP contribution in [0.1, 0.15) is 16.8 Å². The Balaban J connectivity index is 2.39. The molecule has 0 atom stereocenters. The summed E-state index contributed by atoms with van der Waals surface area (Å²) < 4.78 is 5.88. The number of hydrogen-bond donors (Lipinski definition) is 2. The maximum Gasteiger partial charge on any atom is 0.335 e. The van der Waals surface area contributed by atoms with E-state index in [2.05, 4.69) is 9.72 Å². The van der Waals surface area contributed by atoms with Crippen molar-refractivity contribution in [2.45, 2.75) is 13.0 Å². The first kappa shape index (κ1) is 12.9. The lowest BCUT2D eigenvalue weighted by atomic mass is 10.2. The number of carbonyl (C=O) groups excluding carboxylic acids is 1. The largest absolute Gasteiger partial charge is 0.478 e. The zero-order chi connectivity index (χ0) is 14.0. The number of methoxy groups -OCH3 is 1. The van der Waals surface area contributed by atoms with Crippen LogP contribution in [0, 0.1) is 0 Å². The van der Waals surface area contributed by atoms with E-state index in [1.165, 1.54) is 29.9 Å². The number of aromatic carboxylic acids is 1. The zero-order valence-electron chi connectivity index (χ0n) is 10.2. The van der Waals surface area contributed by atoms with E-state index in [0.717, 1.165) is 0 Å². The summed E-state index contributed by atoms with van der Waals surface area (Å²) >= 11 is 0. The second-order valence-corrected chi connectivity index (χ2v) is 3.95. The molecular formula is C12H12N2O5. The summed E-state index contributed by atoms with van der Waals surface area (Å²) in [4.78, 5) is 36.2. The molecule has 1 heterocycles. The predicted molar refractivity (Wildman–Crippen MR) is 66.2 cm³/mol. The molecule has 2 rings (SSSR count). The highest BCUT2D eigenvalue weighted by Gasteiger charge is 2.11. The third-order valence-corrected chi connectivity index (χ3v) is 2.79. The molecule has 0 fully saturated rings. The van der Waals surface area contributed by atoms with Gasteiger partial charge in [0.25, 0.3) is 0 Å². The van der Waals surface area contributed by atoms with E-state index in [-0.39, 0.29) is 24.2 Å². The Morgan fingerprint density at radius 3 is 2.79 bits per heavy atom. The summed E-state index contributed by atoms with van der Waals surface area (Å²) in [6, 6.07) is 4.33. The Morgan fingerprint density at radius 1 is 1.42 bits per heavy atom. The molecule has 2 aromatic rings. The first-order chi connectivity index (χ1) is 9.02. The number of esters is 1. The van der Waals surface area contributed by atoms with Crippen molar-refractivity contribution in [2.75, 3.05) is 7.11 Å². The van der Waals surface area contributed by atoms with E-state index in [4.69, 9.17) is 5.11 Å². The normalized spacial score (nSPS) is 10.6. The molecule has 7 heteroatoms. The lowest BCUT2D eigenvalue weighted by molar-refractivity contribution is -0.140. The third-order valence-electron chi connectivity index (χ3n) is 2.79. The standard InChI is InChI=1S/C12H12N2O5/c1-19-10(15)4-5-14-9-3-2-7(11(16)17)6-8(9)13-12(14)18/h2-3,6H,4-5H2,1H3,(H,13,18)(H,16,17). The summed E-state index contributed by atoms with van der Waals surface area (Å²) in [5.74, 6) is -1.48. The van der Waals surface area contributed by atoms with Crippen LogP contribution in [0.2, 0.25) is 0 Å². The summed E-state index contributed by atoms with van der Waals surface area (Å²) in [6.45, 7) is 0.178. The first-order valence-corrected chi connectivity index (χ1v) is 5.55. The average Bonchev–Trinajstić information content (AvgIpc) is 2.70. The van der Waals surface area contributed by atoms with Crippen molar-refractivity contribution in [1.29, 1.82) is 0 Å². The van der Waals surface area contributed by atoms with Gasteiger partial charge in [-0.25, -0.2) is 9.59 Å². The van der Waals surface area contributed by atoms with Crippen molar-refractivity contribution < 1.29 is 19.4 Å². The molecule has 0 saturated heterocycles. The van der Waals surface area contributed by atoms with Crippen LogP contribution in [0.15, 0.2) is 23.0 Å². The van der Waals surface area contributed by atoms with Crippen LogP contribution < -0.4 is 5.69 Å². The minimum Gasteiger partial charge on any atom is -0.478 e. The number of nitrogens with zero attached hydrogens (tertiary/aromatic N) is 1. The Bertz CT molecular complexity index is 698. The fourth-order valence-electron chi connectivity index (χ4n) is 1.82. The van der Waals surface area contributed by atoms with Crippen molar-refractivity contribution in [1.82, 2.24) is 9.55 Å². The molecule has 0 aliphatic carbocycles. The molecule has 0 saturated carbocycles. The highest BCUT2D eigenvalue weighted by Crippen LogP contribution is 2.13. The van der Waals surface area contributed by atoms with E-state index < -0.39 is 11.9 Å². The van der Waals surface area contributed by atoms with Gasteiger partial charge in [0.05, 0.1) is 30.1 Å². The van der Waals surface area contributed by atoms with Crippen molar-refractivity contribution in [3.8, 4) is 0 Å². The molecule has 0 aliphatic heterocycles. The van der Waals surface area contributed by atoms with Crippen LogP contribution in [0.4, 0.5) is 0 Å². The van der Waals surface area contributed by atoms with Gasteiger partial charge in [-0.2, -0.15) is 0 Å². The molecule has 0 spiro atoms. The summed E-state index contributed by atoms with van der Waals surface area (Å²) in [5.41, 5.74) is 0.684. The number of H-pyrrole nitrogens is 1. The van der Waals surface area contributed by atoms with E-state index in [1.54, 1.807) is 0 Å². The maximum absolute atomic E-state index is 11.7. The lowest BCUT2D eigenvalue weighted by Gasteiger charge is -2.02. The SMILES string of the molecule is COC(=O)CCn1c(=O)[nH]c2cc(C(=O)O)ccc21. The van der Waals surface area contributed by atoms with Gasteiger partial charge in [-0.15, -0.1) is 0 Å². The van der Waals surface area contributed by atoms with Crippen LogP contribution in [0.3, 0.4) is 0 Å². The van der Waals surface area contributed by atoms with Crippen molar-refractivity contribution in [3.05, 3.63) is 34.2 Å². The fourth-order valence-corrected chi connectivity index (χ4v) is 1.82. The smallest absolute Gasteiger partial charge is 0.335 e. The van der Waals surface area contributed by atoms with Gasteiger partial charge in [0.2, 0.25) is 0 Å². The van der Waals surface area contributed by atoms with Gasteiger partial charge in [0, 0.05) is 6.54 Å². The Kier molecular flexibility index (Phi) is 3.37. The number of hydrogen-bond acceptors (Lipinski definition) is 4. The molecular weight excluding hydrogens is 252 g/mol. The van der Waals surface area contributed by atoms with Gasteiger partial charge < -0.3 is 14.8 Å². The van der Waals surface area contributed by atoms with E-state index in [9.17, 15) is 14.4 Å². The molecule has 1 aromatic carbocycles. The van der Waals surface area contributed by atoms with E-state index in [0.29, 0.717) is 11.0 Å². The number of aromatic amines is 1. The maximum atomic E-state index is 11.7. The number of imidazole rings is 1. The topological polar surface area (TPSA) is 101 Å². The number of fused-ring (bicyclic) bond motifs is 1. The highest BCUT2D eigenvalue weighted by molar-refractivity contribution is 5.92. The summed E-state index contributed by atoms with van der Waals surface area (Å²) in [7, 11) is 1.28. The minimum atomic E-state index is -1.06. The number of carboxylic acids is 1. The number of nitrogens with one attached hydrogen (secondary N) is 1. The number of ether oxygens (including phenoxy) is 1. The van der Waals surface area contributed by atoms with Gasteiger partial charge in [-0.1, -0.05) is 0 Å². The molecule has 0 unspecified atom stereocenters. The highest BCUT2D eigenvalue weighted by atomic mass is 16.5. The Labute approximate surface area is 107 Å². The molecule has 7 nitrogen and oxygen atoms in total. The average molecular weight is 264 g/mol. The first-order valence-electron chi connectivity index (χ1n) is 5.55. The molecule has 0 aliphatic rings. The number of carboxylic acid groups (broad SMARTS) is 1. The van der Waals surface area contributed by atoms with E-state index in [1.807, 2.05) is 0 Å². The molecule has 0 bridgehead atoms.